The number of carbonyl (C=O) groups excluding carboxylic acids is 1. The van der Waals surface area contributed by atoms with Gasteiger partial charge in [0.2, 0.25) is 0 Å². The molecule has 90 valence electrons. The zero-order chi connectivity index (χ0) is 13.1. The van der Waals surface area contributed by atoms with Crippen molar-refractivity contribution in [2.24, 2.45) is 16.7 Å². The molecule has 0 radical (unpaired) electrons. The van der Waals surface area contributed by atoms with Gasteiger partial charge in [-0.05, 0) is 30.8 Å². The molecule has 2 atom stereocenters. The first-order valence-corrected chi connectivity index (χ1v) is 5.92. The van der Waals surface area contributed by atoms with E-state index in [2.05, 4.69) is 26.7 Å². The van der Waals surface area contributed by atoms with Crippen LogP contribution in [-0.2, 0) is 4.79 Å². The van der Waals surface area contributed by atoms with Crippen LogP contribution in [0.15, 0.2) is 12.2 Å². The minimum Gasteiger partial charge on any atom is -0.293 e. The summed E-state index contributed by atoms with van der Waals surface area (Å²) in [6.07, 6.45) is 11.2. The fraction of sp³-hybridized carbons (Fsp3) is 0.600. The van der Waals surface area contributed by atoms with E-state index in [1.165, 1.54) is 6.08 Å². The molecular formula is C15H19NO. The molecule has 0 aromatic rings. The zero-order valence-corrected chi connectivity index (χ0v) is 10.8. The maximum Gasteiger partial charge on any atom is 0.172 e. The fourth-order valence-electron chi connectivity index (χ4n) is 1.96. The number of allylic oxidation sites excluding steroid dienone is 2. The van der Waals surface area contributed by atoms with Crippen LogP contribution in [0.1, 0.15) is 40.0 Å². The maximum atomic E-state index is 11.5. The highest BCUT2D eigenvalue weighted by Gasteiger charge is 2.35. The van der Waals surface area contributed by atoms with E-state index in [-0.39, 0.29) is 11.2 Å². The van der Waals surface area contributed by atoms with Crippen molar-refractivity contribution in [2.75, 3.05) is 0 Å². The Hall–Kier alpha value is -1.54. The number of ketones is 1. The Balaban J connectivity index is 2.85. The highest BCUT2D eigenvalue weighted by Crippen LogP contribution is 2.39. The Bertz CT molecular complexity index is 414. The Morgan fingerprint density at radius 2 is 2.24 bits per heavy atom. The van der Waals surface area contributed by atoms with Crippen molar-refractivity contribution in [3.63, 3.8) is 0 Å². The highest BCUT2D eigenvalue weighted by atomic mass is 16.1. The van der Waals surface area contributed by atoms with Crippen LogP contribution in [0.25, 0.3) is 0 Å². The minimum absolute atomic E-state index is 0.117. The molecule has 0 amide bonds. The summed E-state index contributed by atoms with van der Waals surface area (Å²) in [6.45, 7) is 6.49. The quantitative estimate of drug-likeness (QED) is 0.683. The monoisotopic (exact) mass is 229 g/mol. The summed E-state index contributed by atoms with van der Waals surface area (Å²) in [5, 5.41) is 8.94. The smallest absolute Gasteiger partial charge is 0.172 e. The number of rotatable bonds is 2. The molecule has 1 rings (SSSR count). The predicted octanol–water partition coefficient (Wildman–Crippen LogP) is 3.10. The first-order valence-electron chi connectivity index (χ1n) is 5.92. The van der Waals surface area contributed by atoms with Crippen LogP contribution in [0, 0.1) is 40.4 Å². The van der Waals surface area contributed by atoms with Gasteiger partial charge >= 0.3 is 0 Å². The van der Waals surface area contributed by atoms with Crippen LogP contribution in [-0.4, -0.2) is 5.78 Å². The molecule has 0 heterocycles. The fourth-order valence-corrected chi connectivity index (χ4v) is 1.96. The van der Waals surface area contributed by atoms with Crippen LogP contribution in [0.4, 0.5) is 0 Å². The van der Waals surface area contributed by atoms with Crippen LogP contribution >= 0.6 is 0 Å². The van der Waals surface area contributed by atoms with Gasteiger partial charge in [-0.1, -0.05) is 32.8 Å². The summed E-state index contributed by atoms with van der Waals surface area (Å²) < 4.78 is 0. The molecule has 0 aliphatic heterocycles. The van der Waals surface area contributed by atoms with E-state index in [0.717, 1.165) is 12.8 Å². The predicted molar refractivity (Wildman–Crippen MR) is 67.8 cm³/mol. The van der Waals surface area contributed by atoms with E-state index in [1.807, 2.05) is 12.1 Å². The molecular weight excluding hydrogens is 210 g/mol. The second-order valence-electron chi connectivity index (χ2n) is 5.98. The standard InChI is InChI=1S/C15H19NO/c1-5-15(9-8-14(2,3)4)7-6-13(17)12(10-15)11-16/h1,6-7,12H,8-10H2,2-4H3. The first kappa shape index (κ1) is 13.5. The van der Waals surface area contributed by atoms with Gasteiger partial charge in [-0.3, -0.25) is 4.79 Å². The van der Waals surface area contributed by atoms with Crippen LogP contribution in [0.3, 0.4) is 0 Å². The third kappa shape index (κ3) is 3.46. The molecule has 0 aromatic heterocycles. The van der Waals surface area contributed by atoms with E-state index >= 15 is 0 Å². The number of hydrogen-bond acceptors (Lipinski definition) is 2. The maximum absolute atomic E-state index is 11.5. The average molecular weight is 229 g/mol. The van der Waals surface area contributed by atoms with Gasteiger partial charge in [0.05, 0.1) is 11.5 Å². The lowest BCUT2D eigenvalue weighted by Crippen LogP contribution is -2.29. The van der Waals surface area contributed by atoms with Gasteiger partial charge in [0.1, 0.15) is 5.92 Å². The molecule has 0 saturated carbocycles. The lowest BCUT2D eigenvalue weighted by atomic mass is 9.69. The number of hydrogen-bond donors (Lipinski definition) is 0. The van der Waals surface area contributed by atoms with Gasteiger partial charge in [-0.2, -0.15) is 5.26 Å². The van der Waals surface area contributed by atoms with Crippen LogP contribution in [0.5, 0.6) is 0 Å². The minimum atomic E-state index is -0.573. The van der Waals surface area contributed by atoms with Gasteiger partial charge in [-0.15, -0.1) is 6.42 Å². The molecule has 2 unspecified atom stereocenters. The SMILES string of the molecule is C#CC1(CCC(C)(C)C)C=CC(=O)C(C#N)C1. The van der Waals surface area contributed by atoms with E-state index in [4.69, 9.17) is 11.7 Å². The van der Waals surface area contributed by atoms with Crippen molar-refractivity contribution in [2.45, 2.75) is 40.0 Å². The van der Waals surface area contributed by atoms with E-state index in [1.54, 1.807) is 0 Å². The summed E-state index contributed by atoms with van der Waals surface area (Å²) in [4.78, 5) is 11.5. The number of carbonyl (C=O) groups is 1. The van der Waals surface area contributed by atoms with Crippen molar-refractivity contribution < 1.29 is 4.79 Å². The number of terminal acetylenes is 1. The third-order valence-electron chi connectivity index (χ3n) is 3.24. The Morgan fingerprint density at radius 1 is 1.59 bits per heavy atom. The van der Waals surface area contributed by atoms with Gasteiger partial charge in [0.25, 0.3) is 0 Å². The van der Waals surface area contributed by atoms with E-state index in [9.17, 15) is 4.79 Å². The van der Waals surface area contributed by atoms with E-state index in [0.29, 0.717) is 6.42 Å². The Kier molecular flexibility index (Phi) is 3.79. The van der Waals surface area contributed by atoms with Crippen molar-refractivity contribution in [3.8, 4) is 18.4 Å². The van der Waals surface area contributed by atoms with Crippen LogP contribution in [0.2, 0.25) is 0 Å². The van der Waals surface area contributed by atoms with Gasteiger partial charge in [0.15, 0.2) is 5.78 Å². The summed E-state index contributed by atoms with van der Waals surface area (Å²) in [5.41, 5.74) is -0.205. The molecule has 2 nitrogen and oxygen atoms in total. The normalized spacial score (nSPS) is 28.5. The zero-order valence-electron chi connectivity index (χ0n) is 10.8. The molecule has 0 spiro atoms. The van der Waals surface area contributed by atoms with Crippen molar-refractivity contribution in [1.29, 1.82) is 5.26 Å². The number of nitrogens with zero attached hydrogens (tertiary/aromatic N) is 1. The number of nitriles is 1. The molecule has 0 aromatic carbocycles. The van der Waals surface area contributed by atoms with Crippen molar-refractivity contribution in [1.82, 2.24) is 0 Å². The summed E-state index contributed by atoms with van der Waals surface area (Å²) in [5.74, 6) is 2.10. The molecule has 1 aliphatic rings. The van der Waals surface area contributed by atoms with Crippen molar-refractivity contribution in [3.05, 3.63) is 12.2 Å². The topological polar surface area (TPSA) is 40.9 Å². The van der Waals surface area contributed by atoms with Gasteiger partial charge < -0.3 is 0 Å². The van der Waals surface area contributed by atoms with E-state index < -0.39 is 11.3 Å². The van der Waals surface area contributed by atoms with Crippen molar-refractivity contribution >= 4 is 5.78 Å². The lowest BCUT2D eigenvalue weighted by molar-refractivity contribution is -0.117. The Morgan fingerprint density at radius 3 is 2.71 bits per heavy atom. The second kappa shape index (κ2) is 4.76. The highest BCUT2D eigenvalue weighted by molar-refractivity contribution is 5.94. The lowest BCUT2D eigenvalue weighted by Gasteiger charge is -2.32. The Labute approximate surface area is 104 Å². The first-order chi connectivity index (χ1) is 7.82. The molecule has 0 N–H and O–H groups in total. The second-order valence-corrected chi connectivity index (χ2v) is 5.98. The average Bonchev–Trinajstić information content (AvgIpc) is 2.27. The molecule has 1 aliphatic carbocycles. The van der Waals surface area contributed by atoms with Gasteiger partial charge in [0, 0.05) is 0 Å². The molecule has 17 heavy (non-hydrogen) atoms. The summed E-state index contributed by atoms with van der Waals surface area (Å²) in [7, 11) is 0. The molecule has 0 saturated heterocycles. The molecule has 0 fully saturated rings. The third-order valence-corrected chi connectivity index (χ3v) is 3.24. The molecule has 2 heteroatoms. The van der Waals surface area contributed by atoms with Crippen LogP contribution < -0.4 is 0 Å². The molecule has 0 bridgehead atoms. The van der Waals surface area contributed by atoms with Gasteiger partial charge in [-0.25, -0.2) is 0 Å². The summed E-state index contributed by atoms with van der Waals surface area (Å²) >= 11 is 0. The largest absolute Gasteiger partial charge is 0.293 e. The summed E-state index contributed by atoms with van der Waals surface area (Å²) in [6, 6.07) is 2.04.